The molecule has 1 atom stereocenters. The molecule has 2 nitrogen and oxygen atoms in total. The molecule has 0 aromatic carbocycles. The summed E-state index contributed by atoms with van der Waals surface area (Å²) in [6, 6.07) is 1.81. The third-order valence-corrected chi connectivity index (χ3v) is 6.65. The first-order valence-electron chi connectivity index (χ1n) is 5.86. The maximum absolute atomic E-state index is 11.9. The highest BCUT2D eigenvalue weighted by Crippen LogP contribution is 2.32. The lowest BCUT2D eigenvalue weighted by Crippen LogP contribution is -2.32. The lowest BCUT2D eigenvalue weighted by atomic mass is 9.99. The zero-order chi connectivity index (χ0) is 13.7. The van der Waals surface area contributed by atoms with E-state index in [4.69, 9.17) is 11.6 Å². The molecule has 0 saturated carbocycles. The summed E-state index contributed by atoms with van der Waals surface area (Å²) in [4.78, 5) is 12.6. The van der Waals surface area contributed by atoms with Crippen LogP contribution in [0.1, 0.15) is 36.4 Å². The molecule has 0 aliphatic heterocycles. The van der Waals surface area contributed by atoms with Crippen LogP contribution >= 0.6 is 54.8 Å². The van der Waals surface area contributed by atoms with Gasteiger partial charge in [-0.2, -0.15) is 0 Å². The van der Waals surface area contributed by atoms with Crippen molar-refractivity contribution in [3.05, 3.63) is 19.2 Å². The smallest absolute Gasteiger partial charge is 0.261 e. The van der Waals surface area contributed by atoms with Crippen molar-refractivity contribution in [2.24, 2.45) is 5.92 Å². The van der Waals surface area contributed by atoms with Gasteiger partial charge in [0, 0.05) is 11.0 Å². The third-order valence-electron chi connectivity index (χ3n) is 2.89. The van der Waals surface area contributed by atoms with Gasteiger partial charge in [0.05, 0.1) is 14.0 Å². The molecular formula is C12H16Br2ClNOS. The summed E-state index contributed by atoms with van der Waals surface area (Å²) in [5.41, 5.74) is 0. The van der Waals surface area contributed by atoms with E-state index in [0.29, 0.717) is 17.3 Å². The van der Waals surface area contributed by atoms with E-state index in [1.807, 2.05) is 6.07 Å². The number of carbonyl (C=O) groups excluding carboxylic acids is 1. The molecule has 0 bridgehead atoms. The monoisotopic (exact) mass is 415 g/mol. The summed E-state index contributed by atoms with van der Waals surface area (Å²) >= 11 is 14.4. The highest BCUT2D eigenvalue weighted by Gasteiger charge is 2.18. The van der Waals surface area contributed by atoms with Crippen LogP contribution in [0.2, 0.25) is 0 Å². The van der Waals surface area contributed by atoms with Gasteiger partial charge in [-0.3, -0.25) is 4.79 Å². The lowest BCUT2D eigenvalue weighted by Gasteiger charge is -2.19. The Labute approximate surface area is 134 Å². The number of alkyl halides is 1. The maximum atomic E-state index is 11.9. The van der Waals surface area contributed by atoms with Crippen molar-refractivity contribution in [3.63, 3.8) is 0 Å². The quantitative estimate of drug-likeness (QED) is 0.645. The summed E-state index contributed by atoms with van der Waals surface area (Å²) < 4.78 is 1.83. The third kappa shape index (κ3) is 4.51. The fourth-order valence-electron chi connectivity index (χ4n) is 1.70. The Morgan fingerprint density at radius 2 is 2.06 bits per heavy atom. The minimum absolute atomic E-state index is 0.00389. The van der Waals surface area contributed by atoms with Gasteiger partial charge >= 0.3 is 0 Å². The van der Waals surface area contributed by atoms with E-state index >= 15 is 0 Å². The number of halogens is 3. The summed E-state index contributed by atoms with van der Waals surface area (Å²) in [6.45, 7) is 4.76. The summed E-state index contributed by atoms with van der Waals surface area (Å²) in [5.74, 6) is 0.386. The standard InChI is InChI=1S/C12H16Br2ClNOS/c1-3-7(4-2)9(15)6-16-12(17)10-5-8(13)11(14)18-10/h5,7,9H,3-4,6H2,1-2H3,(H,16,17). The van der Waals surface area contributed by atoms with E-state index in [0.717, 1.165) is 21.1 Å². The minimum Gasteiger partial charge on any atom is -0.350 e. The zero-order valence-corrected chi connectivity index (χ0v) is 15.0. The van der Waals surface area contributed by atoms with Crippen LogP contribution in [0.4, 0.5) is 0 Å². The molecule has 0 aliphatic carbocycles. The Morgan fingerprint density at radius 3 is 2.50 bits per heavy atom. The molecule has 0 radical (unpaired) electrons. The molecule has 1 aromatic rings. The van der Waals surface area contributed by atoms with Crippen molar-refractivity contribution in [2.75, 3.05) is 6.54 Å². The van der Waals surface area contributed by atoms with Gasteiger partial charge in [-0.1, -0.05) is 26.7 Å². The fraction of sp³-hybridized carbons (Fsp3) is 0.583. The van der Waals surface area contributed by atoms with Gasteiger partial charge in [0.25, 0.3) is 5.91 Å². The number of rotatable bonds is 6. The molecule has 1 N–H and O–H groups in total. The second-order valence-electron chi connectivity index (χ2n) is 4.03. The van der Waals surface area contributed by atoms with Gasteiger partial charge < -0.3 is 5.32 Å². The maximum Gasteiger partial charge on any atom is 0.261 e. The molecule has 1 heterocycles. The first kappa shape index (κ1) is 16.5. The summed E-state index contributed by atoms with van der Waals surface area (Å²) in [7, 11) is 0. The van der Waals surface area contributed by atoms with Crippen LogP contribution < -0.4 is 5.32 Å². The molecule has 102 valence electrons. The predicted octanol–water partition coefficient (Wildman–Crippen LogP) is 5.05. The van der Waals surface area contributed by atoms with Crippen LogP contribution in [0.3, 0.4) is 0 Å². The molecule has 0 saturated heterocycles. The van der Waals surface area contributed by atoms with Crippen LogP contribution in [-0.4, -0.2) is 17.8 Å². The van der Waals surface area contributed by atoms with Crippen LogP contribution in [-0.2, 0) is 0 Å². The number of amides is 1. The van der Waals surface area contributed by atoms with Crippen LogP contribution in [0.5, 0.6) is 0 Å². The number of carbonyl (C=O) groups is 1. The van der Waals surface area contributed by atoms with Crippen LogP contribution in [0.15, 0.2) is 14.3 Å². The fourth-order valence-corrected chi connectivity index (χ4v) is 4.09. The molecule has 1 amide bonds. The number of hydrogen-bond donors (Lipinski definition) is 1. The Morgan fingerprint density at radius 1 is 1.44 bits per heavy atom. The second kappa shape index (κ2) is 7.88. The van der Waals surface area contributed by atoms with E-state index in [2.05, 4.69) is 51.0 Å². The summed E-state index contributed by atoms with van der Waals surface area (Å²) in [5, 5.41) is 2.88. The van der Waals surface area contributed by atoms with Crippen molar-refractivity contribution in [2.45, 2.75) is 32.1 Å². The van der Waals surface area contributed by atoms with Crippen LogP contribution in [0, 0.1) is 5.92 Å². The van der Waals surface area contributed by atoms with Crippen molar-refractivity contribution in [1.82, 2.24) is 5.32 Å². The largest absolute Gasteiger partial charge is 0.350 e. The van der Waals surface area contributed by atoms with E-state index in [-0.39, 0.29) is 11.3 Å². The molecule has 1 rings (SSSR count). The highest BCUT2D eigenvalue weighted by atomic mass is 79.9. The van der Waals surface area contributed by atoms with Crippen molar-refractivity contribution < 1.29 is 4.79 Å². The molecule has 18 heavy (non-hydrogen) atoms. The highest BCUT2D eigenvalue weighted by molar-refractivity contribution is 9.13. The van der Waals surface area contributed by atoms with Gasteiger partial charge in [-0.15, -0.1) is 22.9 Å². The van der Waals surface area contributed by atoms with Gasteiger partial charge in [0.15, 0.2) is 0 Å². The van der Waals surface area contributed by atoms with Gasteiger partial charge in [-0.05, 0) is 43.8 Å². The van der Waals surface area contributed by atoms with Crippen molar-refractivity contribution in [3.8, 4) is 0 Å². The van der Waals surface area contributed by atoms with Gasteiger partial charge in [0.2, 0.25) is 0 Å². The van der Waals surface area contributed by atoms with Crippen LogP contribution in [0.25, 0.3) is 0 Å². The average Bonchev–Trinajstić information content (AvgIpc) is 2.68. The molecule has 1 aromatic heterocycles. The lowest BCUT2D eigenvalue weighted by molar-refractivity contribution is 0.0955. The molecule has 0 fully saturated rings. The second-order valence-corrected chi connectivity index (χ2v) is 7.82. The van der Waals surface area contributed by atoms with E-state index in [9.17, 15) is 4.79 Å². The van der Waals surface area contributed by atoms with E-state index in [1.54, 1.807) is 0 Å². The first-order chi connectivity index (χ1) is 8.49. The minimum atomic E-state index is -0.0667. The number of hydrogen-bond acceptors (Lipinski definition) is 2. The Bertz CT molecular complexity index is 387. The average molecular weight is 418 g/mol. The van der Waals surface area contributed by atoms with Crippen molar-refractivity contribution in [1.29, 1.82) is 0 Å². The van der Waals surface area contributed by atoms with E-state index in [1.165, 1.54) is 11.3 Å². The normalized spacial score (nSPS) is 12.8. The molecule has 0 aliphatic rings. The SMILES string of the molecule is CCC(CC)C(Cl)CNC(=O)c1cc(Br)c(Br)s1. The van der Waals surface area contributed by atoms with Gasteiger partial charge in [0.1, 0.15) is 0 Å². The molecule has 0 spiro atoms. The Hall–Kier alpha value is 0.420. The first-order valence-corrected chi connectivity index (χ1v) is 8.70. The van der Waals surface area contributed by atoms with Crippen molar-refractivity contribution >= 4 is 60.7 Å². The predicted molar refractivity (Wildman–Crippen MR) is 85.8 cm³/mol. The number of thiophene rings is 1. The number of nitrogens with one attached hydrogen (secondary N) is 1. The zero-order valence-electron chi connectivity index (χ0n) is 10.3. The topological polar surface area (TPSA) is 29.1 Å². The molecule has 1 unspecified atom stereocenters. The Kier molecular flexibility index (Phi) is 7.21. The molecule has 6 heteroatoms. The molecular weight excluding hydrogens is 401 g/mol. The Balaban J connectivity index is 2.51. The van der Waals surface area contributed by atoms with Gasteiger partial charge in [-0.25, -0.2) is 0 Å². The van der Waals surface area contributed by atoms with E-state index < -0.39 is 0 Å². The summed E-state index contributed by atoms with van der Waals surface area (Å²) in [6.07, 6.45) is 2.08.